The number of ether oxygens (including phenoxy) is 1. The van der Waals surface area contributed by atoms with Crippen LogP contribution in [0.25, 0.3) is 0 Å². The molecule has 0 bridgehead atoms. The standard InChI is InChI=1S/C7H10N2OS/c1-10-6-9-4-5(11-6)7(8)2-3-7/h4H,2-3,8H2,1H3. The minimum Gasteiger partial charge on any atom is -0.473 e. The maximum absolute atomic E-state index is 5.95. The molecule has 2 rings (SSSR count). The summed E-state index contributed by atoms with van der Waals surface area (Å²) in [6.45, 7) is 0. The third kappa shape index (κ3) is 1.12. The molecule has 2 N–H and O–H groups in total. The van der Waals surface area contributed by atoms with Gasteiger partial charge in [0.25, 0.3) is 5.19 Å². The van der Waals surface area contributed by atoms with E-state index in [1.807, 2.05) is 6.20 Å². The lowest BCUT2D eigenvalue weighted by Crippen LogP contribution is -2.16. The summed E-state index contributed by atoms with van der Waals surface area (Å²) in [6.07, 6.45) is 3.98. The third-order valence-corrected chi connectivity index (χ3v) is 3.12. The minimum atomic E-state index is -0.0611. The second-order valence-corrected chi connectivity index (χ2v) is 3.84. The first kappa shape index (κ1) is 7.06. The predicted octanol–water partition coefficient (Wildman–Crippen LogP) is 1.10. The Morgan fingerprint density at radius 1 is 1.73 bits per heavy atom. The van der Waals surface area contributed by atoms with Crippen molar-refractivity contribution in [2.75, 3.05) is 7.11 Å². The van der Waals surface area contributed by atoms with Gasteiger partial charge in [0.2, 0.25) is 0 Å². The van der Waals surface area contributed by atoms with E-state index in [1.165, 1.54) is 0 Å². The SMILES string of the molecule is COc1ncc(C2(N)CC2)s1. The highest BCUT2D eigenvalue weighted by molar-refractivity contribution is 7.13. The minimum absolute atomic E-state index is 0.0611. The van der Waals surface area contributed by atoms with Crippen molar-refractivity contribution in [3.8, 4) is 5.19 Å². The van der Waals surface area contributed by atoms with E-state index >= 15 is 0 Å². The lowest BCUT2D eigenvalue weighted by atomic mass is 10.3. The van der Waals surface area contributed by atoms with Gasteiger partial charge in [0.15, 0.2) is 0 Å². The number of hydrogen-bond acceptors (Lipinski definition) is 4. The molecule has 0 saturated heterocycles. The van der Waals surface area contributed by atoms with E-state index in [9.17, 15) is 0 Å². The van der Waals surface area contributed by atoms with E-state index in [2.05, 4.69) is 4.98 Å². The van der Waals surface area contributed by atoms with Gasteiger partial charge < -0.3 is 10.5 Å². The van der Waals surface area contributed by atoms with Crippen molar-refractivity contribution >= 4 is 11.3 Å². The molecular weight excluding hydrogens is 160 g/mol. The van der Waals surface area contributed by atoms with Gasteiger partial charge in [0, 0.05) is 11.1 Å². The van der Waals surface area contributed by atoms with E-state index in [-0.39, 0.29) is 5.54 Å². The number of thiazole rings is 1. The molecule has 3 nitrogen and oxygen atoms in total. The number of nitrogens with zero attached hydrogens (tertiary/aromatic N) is 1. The number of aromatic nitrogens is 1. The number of nitrogens with two attached hydrogens (primary N) is 1. The van der Waals surface area contributed by atoms with Crippen LogP contribution in [0, 0.1) is 0 Å². The Morgan fingerprint density at radius 3 is 2.91 bits per heavy atom. The van der Waals surface area contributed by atoms with Crippen molar-refractivity contribution in [3.63, 3.8) is 0 Å². The third-order valence-electron chi connectivity index (χ3n) is 1.94. The summed E-state index contributed by atoms with van der Waals surface area (Å²) in [5.41, 5.74) is 5.89. The molecule has 1 aliphatic carbocycles. The van der Waals surface area contributed by atoms with E-state index in [0.717, 1.165) is 17.7 Å². The highest BCUT2D eigenvalue weighted by Gasteiger charge is 2.41. The van der Waals surface area contributed by atoms with Gasteiger partial charge in [-0.2, -0.15) is 0 Å². The molecule has 1 aromatic heterocycles. The van der Waals surface area contributed by atoms with Crippen LogP contribution in [0.4, 0.5) is 0 Å². The zero-order valence-electron chi connectivity index (χ0n) is 6.33. The molecule has 0 aromatic carbocycles. The van der Waals surface area contributed by atoms with Crippen LogP contribution in [0.1, 0.15) is 17.7 Å². The Bertz CT molecular complexity index is 267. The number of rotatable bonds is 2. The van der Waals surface area contributed by atoms with Crippen LogP contribution >= 0.6 is 11.3 Å². The van der Waals surface area contributed by atoms with Crippen molar-refractivity contribution in [1.82, 2.24) is 4.98 Å². The largest absolute Gasteiger partial charge is 0.473 e. The van der Waals surface area contributed by atoms with Crippen LogP contribution in [0.5, 0.6) is 5.19 Å². The normalized spacial score (nSPS) is 19.8. The van der Waals surface area contributed by atoms with E-state index in [0.29, 0.717) is 5.19 Å². The van der Waals surface area contributed by atoms with Crippen LogP contribution < -0.4 is 10.5 Å². The molecule has 1 fully saturated rings. The summed E-state index contributed by atoms with van der Waals surface area (Å²) >= 11 is 1.54. The van der Waals surface area contributed by atoms with Gasteiger partial charge in [0.1, 0.15) is 0 Å². The monoisotopic (exact) mass is 170 g/mol. The average Bonchev–Trinajstić information content (AvgIpc) is 2.61. The molecule has 1 aromatic rings. The molecule has 1 aliphatic rings. The Morgan fingerprint density at radius 2 is 2.45 bits per heavy atom. The highest BCUT2D eigenvalue weighted by Crippen LogP contribution is 2.45. The zero-order chi connectivity index (χ0) is 7.90. The fraction of sp³-hybridized carbons (Fsp3) is 0.571. The Hall–Kier alpha value is -0.610. The molecule has 0 radical (unpaired) electrons. The summed E-state index contributed by atoms with van der Waals surface area (Å²) in [5, 5.41) is 0.705. The molecule has 60 valence electrons. The van der Waals surface area contributed by atoms with E-state index in [1.54, 1.807) is 18.4 Å². The Balaban J connectivity index is 2.25. The summed E-state index contributed by atoms with van der Waals surface area (Å²) < 4.78 is 4.97. The first-order valence-electron chi connectivity index (χ1n) is 3.54. The maximum atomic E-state index is 5.95. The lowest BCUT2D eigenvalue weighted by molar-refractivity contribution is 0.412. The molecule has 4 heteroatoms. The predicted molar refractivity (Wildman–Crippen MR) is 43.8 cm³/mol. The first-order chi connectivity index (χ1) is 5.24. The van der Waals surface area contributed by atoms with Gasteiger partial charge in [-0.15, -0.1) is 0 Å². The van der Waals surface area contributed by atoms with Gasteiger partial charge >= 0.3 is 0 Å². The topological polar surface area (TPSA) is 48.1 Å². The van der Waals surface area contributed by atoms with Crippen LogP contribution in [0.15, 0.2) is 6.20 Å². The van der Waals surface area contributed by atoms with Gasteiger partial charge in [-0.05, 0) is 12.8 Å². The Kier molecular flexibility index (Phi) is 1.40. The second-order valence-electron chi connectivity index (χ2n) is 2.85. The molecular formula is C7H10N2OS. The second kappa shape index (κ2) is 2.19. The van der Waals surface area contributed by atoms with Crippen molar-refractivity contribution in [3.05, 3.63) is 11.1 Å². The molecule has 0 amide bonds. The van der Waals surface area contributed by atoms with Crippen molar-refractivity contribution in [1.29, 1.82) is 0 Å². The average molecular weight is 170 g/mol. The van der Waals surface area contributed by atoms with Crippen LogP contribution in [-0.2, 0) is 5.54 Å². The smallest absolute Gasteiger partial charge is 0.273 e. The number of methoxy groups -OCH3 is 1. The highest BCUT2D eigenvalue weighted by atomic mass is 32.1. The molecule has 1 saturated carbocycles. The van der Waals surface area contributed by atoms with Crippen molar-refractivity contribution in [2.24, 2.45) is 5.73 Å². The van der Waals surface area contributed by atoms with Gasteiger partial charge in [-0.1, -0.05) is 11.3 Å². The summed E-state index contributed by atoms with van der Waals surface area (Å²) in [4.78, 5) is 5.20. The number of hydrogen-bond donors (Lipinski definition) is 1. The summed E-state index contributed by atoms with van der Waals surface area (Å²) in [6, 6.07) is 0. The van der Waals surface area contributed by atoms with Crippen LogP contribution in [0.3, 0.4) is 0 Å². The maximum Gasteiger partial charge on any atom is 0.273 e. The zero-order valence-corrected chi connectivity index (χ0v) is 7.15. The molecule has 0 spiro atoms. The van der Waals surface area contributed by atoms with Gasteiger partial charge in [-0.3, -0.25) is 0 Å². The van der Waals surface area contributed by atoms with Crippen molar-refractivity contribution in [2.45, 2.75) is 18.4 Å². The fourth-order valence-electron chi connectivity index (χ4n) is 0.964. The molecule has 0 unspecified atom stereocenters. The molecule has 11 heavy (non-hydrogen) atoms. The molecule has 0 atom stereocenters. The van der Waals surface area contributed by atoms with E-state index < -0.39 is 0 Å². The fourth-order valence-corrected chi connectivity index (χ4v) is 1.85. The molecule has 0 aliphatic heterocycles. The van der Waals surface area contributed by atoms with Crippen LogP contribution in [-0.4, -0.2) is 12.1 Å². The van der Waals surface area contributed by atoms with Gasteiger partial charge in [0.05, 0.1) is 12.6 Å². The quantitative estimate of drug-likeness (QED) is 0.723. The van der Waals surface area contributed by atoms with Crippen molar-refractivity contribution < 1.29 is 4.74 Å². The molecule has 1 heterocycles. The summed E-state index contributed by atoms with van der Waals surface area (Å²) in [7, 11) is 1.62. The van der Waals surface area contributed by atoms with E-state index in [4.69, 9.17) is 10.5 Å². The van der Waals surface area contributed by atoms with Gasteiger partial charge in [-0.25, -0.2) is 4.98 Å². The lowest BCUT2D eigenvalue weighted by Gasteiger charge is -2.01. The Labute approximate surface area is 69.2 Å². The van der Waals surface area contributed by atoms with Crippen LogP contribution in [0.2, 0.25) is 0 Å². The first-order valence-corrected chi connectivity index (χ1v) is 4.35. The summed E-state index contributed by atoms with van der Waals surface area (Å²) in [5.74, 6) is 0.